The topological polar surface area (TPSA) is 48.5 Å². The lowest BCUT2D eigenvalue weighted by atomic mass is 9.94. The first-order valence-electron chi connectivity index (χ1n) is 10.9. The zero-order valence-electron chi connectivity index (χ0n) is 18.0. The average Bonchev–Trinajstić information content (AvgIpc) is 3.06. The number of likely N-dealkylation sites (tertiary alicyclic amines) is 1. The van der Waals surface area contributed by atoms with Gasteiger partial charge in [-0.15, -0.1) is 0 Å². The number of pyridine rings is 1. The molecule has 3 heterocycles. The van der Waals surface area contributed by atoms with Crippen molar-refractivity contribution in [2.75, 3.05) is 38.1 Å². The van der Waals surface area contributed by atoms with Gasteiger partial charge in [0.25, 0.3) is 0 Å². The van der Waals surface area contributed by atoms with E-state index in [0.29, 0.717) is 30.8 Å². The monoisotopic (exact) mass is 434 g/mol. The van der Waals surface area contributed by atoms with Crippen LogP contribution in [0, 0.1) is 11.8 Å². The van der Waals surface area contributed by atoms with E-state index in [-0.39, 0.29) is 23.4 Å². The van der Waals surface area contributed by atoms with Crippen molar-refractivity contribution in [1.82, 2.24) is 15.2 Å². The van der Waals surface area contributed by atoms with Crippen LogP contribution in [0.3, 0.4) is 0 Å². The highest BCUT2D eigenvalue weighted by Crippen LogP contribution is 2.38. The molecule has 5 nitrogen and oxygen atoms in total. The Morgan fingerprint density at radius 1 is 1.23 bits per heavy atom. The maximum absolute atomic E-state index is 13.4. The Morgan fingerprint density at radius 2 is 2.03 bits per heavy atom. The van der Waals surface area contributed by atoms with Crippen molar-refractivity contribution in [2.24, 2.45) is 11.8 Å². The van der Waals surface area contributed by atoms with E-state index < -0.39 is 11.7 Å². The van der Waals surface area contributed by atoms with Crippen molar-refractivity contribution in [3.05, 3.63) is 36.0 Å². The molecule has 2 aromatic rings. The highest BCUT2D eigenvalue weighted by atomic mass is 19.4. The molecule has 2 saturated heterocycles. The van der Waals surface area contributed by atoms with Crippen LogP contribution in [0.5, 0.6) is 0 Å². The van der Waals surface area contributed by atoms with E-state index in [0.717, 1.165) is 37.7 Å². The number of fused-ring (bicyclic) bond motifs is 1. The van der Waals surface area contributed by atoms with E-state index in [1.807, 2.05) is 0 Å². The third-order valence-corrected chi connectivity index (χ3v) is 6.55. The Hall–Kier alpha value is -2.35. The molecule has 2 fully saturated rings. The molecule has 1 aromatic heterocycles. The molecule has 1 aromatic carbocycles. The van der Waals surface area contributed by atoms with Gasteiger partial charge in [-0.3, -0.25) is 9.78 Å². The molecule has 4 rings (SSSR count). The smallest absolute Gasteiger partial charge is 0.369 e. The number of anilines is 1. The minimum absolute atomic E-state index is 0.0252. The van der Waals surface area contributed by atoms with Crippen LogP contribution >= 0.6 is 0 Å². The molecule has 2 aliphatic rings. The van der Waals surface area contributed by atoms with Gasteiger partial charge in [0.15, 0.2) is 0 Å². The SMILES string of the molecule is C[C@@H]1CN(c2ccc(C(F)(F)F)c3ncccc23)C[C@@H]1NC(=O)C[C@H]1CCCN(C)C1. The van der Waals surface area contributed by atoms with E-state index in [9.17, 15) is 18.0 Å². The number of carbonyl (C=O) groups excluding carboxylic acids is 1. The molecular weight excluding hydrogens is 405 g/mol. The predicted molar refractivity (Wildman–Crippen MR) is 115 cm³/mol. The molecule has 2 aliphatic heterocycles. The second-order valence-electron chi connectivity index (χ2n) is 9.06. The molecule has 0 radical (unpaired) electrons. The fourth-order valence-corrected chi connectivity index (χ4v) is 4.98. The molecule has 0 saturated carbocycles. The first-order valence-corrected chi connectivity index (χ1v) is 10.9. The van der Waals surface area contributed by atoms with Gasteiger partial charge in [0, 0.05) is 43.3 Å². The first kappa shape index (κ1) is 21.9. The summed E-state index contributed by atoms with van der Waals surface area (Å²) in [7, 11) is 2.09. The minimum Gasteiger partial charge on any atom is -0.369 e. The summed E-state index contributed by atoms with van der Waals surface area (Å²) in [4.78, 5) is 21.0. The van der Waals surface area contributed by atoms with Gasteiger partial charge in [-0.2, -0.15) is 13.2 Å². The van der Waals surface area contributed by atoms with Crippen molar-refractivity contribution in [1.29, 1.82) is 0 Å². The van der Waals surface area contributed by atoms with Gasteiger partial charge in [-0.1, -0.05) is 6.92 Å². The Bertz CT molecular complexity index is 948. The highest BCUT2D eigenvalue weighted by molar-refractivity contribution is 5.94. The van der Waals surface area contributed by atoms with E-state index in [1.165, 1.54) is 12.3 Å². The van der Waals surface area contributed by atoms with Crippen molar-refractivity contribution >= 4 is 22.5 Å². The van der Waals surface area contributed by atoms with E-state index in [4.69, 9.17) is 0 Å². The van der Waals surface area contributed by atoms with Crippen LogP contribution in [0.1, 0.15) is 31.7 Å². The van der Waals surface area contributed by atoms with Gasteiger partial charge >= 0.3 is 6.18 Å². The molecule has 8 heteroatoms. The molecule has 0 spiro atoms. The lowest BCUT2D eigenvalue weighted by Gasteiger charge is -2.29. The standard InChI is InChI=1S/C23H29F3N4O/c1-15-12-30(14-19(15)28-21(31)11-16-5-4-10-29(2)13-16)20-8-7-18(23(24,25)26)22-17(20)6-3-9-27-22/h3,6-9,15-16,19H,4-5,10-14H2,1-2H3,(H,28,31)/t15-,16-,19+/m1/s1. The predicted octanol–water partition coefficient (Wildman–Crippen LogP) is 3.93. The number of benzene rings is 1. The molecule has 1 N–H and O–H groups in total. The second kappa shape index (κ2) is 8.65. The fourth-order valence-electron chi connectivity index (χ4n) is 4.98. The maximum atomic E-state index is 13.4. The van der Waals surface area contributed by atoms with Gasteiger partial charge in [-0.25, -0.2) is 0 Å². The van der Waals surface area contributed by atoms with Gasteiger partial charge < -0.3 is 15.1 Å². The average molecular weight is 435 g/mol. The zero-order chi connectivity index (χ0) is 22.2. The number of nitrogens with one attached hydrogen (secondary N) is 1. The number of halogens is 3. The summed E-state index contributed by atoms with van der Waals surface area (Å²) in [6.45, 7) is 5.36. The van der Waals surface area contributed by atoms with Crippen LogP contribution in [0.15, 0.2) is 30.5 Å². The van der Waals surface area contributed by atoms with E-state index in [1.54, 1.807) is 12.1 Å². The summed E-state index contributed by atoms with van der Waals surface area (Å²) < 4.78 is 40.2. The largest absolute Gasteiger partial charge is 0.418 e. The van der Waals surface area contributed by atoms with Crippen molar-refractivity contribution in [3.63, 3.8) is 0 Å². The van der Waals surface area contributed by atoms with E-state index in [2.05, 4.69) is 34.1 Å². The Kier molecular flexibility index (Phi) is 6.10. The van der Waals surface area contributed by atoms with Gasteiger partial charge in [0.2, 0.25) is 5.91 Å². The number of carbonyl (C=O) groups is 1. The number of aromatic nitrogens is 1. The number of amides is 1. The molecule has 0 bridgehead atoms. The molecule has 0 unspecified atom stereocenters. The fraction of sp³-hybridized carbons (Fsp3) is 0.565. The van der Waals surface area contributed by atoms with Crippen molar-refractivity contribution in [2.45, 2.75) is 38.4 Å². The van der Waals surface area contributed by atoms with Crippen LogP contribution < -0.4 is 10.2 Å². The number of piperidine rings is 1. The Labute approximate surface area is 180 Å². The summed E-state index contributed by atoms with van der Waals surface area (Å²) in [6, 6.07) is 5.96. The molecule has 168 valence electrons. The Balaban J connectivity index is 1.47. The first-order chi connectivity index (χ1) is 14.7. The molecule has 3 atom stereocenters. The molecular formula is C23H29F3N4O. The minimum atomic E-state index is -4.45. The summed E-state index contributed by atoms with van der Waals surface area (Å²) in [6.07, 6.45) is -0.334. The molecule has 1 amide bonds. The summed E-state index contributed by atoms with van der Waals surface area (Å²) in [5.74, 6) is 0.654. The number of nitrogens with zero attached hydrogens (tertiary/aromatic N) is 3. The number of hydrogen-bond acceptors (Lipinski definition) is 4. The quantitative estimate of drug-likeness (QED) is 0.792. The van der Waals surface area contributed by atoms with Gasteiger partial charge in [0.1, 0.15) is 0 Å². The summed E-state index contributed by atoms with van der Waals surface area (Å²) in [5, 5.41) is 3.67. The molecule has 0 aliphatic carbocycles. The van der Waals surface area contributed by atoms with Crippen LogP contribution in [-0.4, -0.2) is 55.1 Å². The summed E-state index contributed by atoms with van der Waals surface area (Å²) >= 11 is 0. The lowest BCUT2D eigenvalue weighted by Crippen LogP contribution is -2.42. The van der Waals surface area contributed by atoms with Crippen molar-refractivity contribution < 1.29 is 18.0 Å². The zero-order valence-corrected chi connectivity index (χ0v) is 18.0. The van der Waals surface area contributed by atoms with Gasteiger partial charge in [0.05, 0.1) is 17.1 Å². The third-order valence-electron chi connectivity index (χ3n) is 6.55. The highest BCUT2D eigenvalue weighted by Gasteiger charge is 2.36. The number of rotatable bonds is 4. The second-order valence-corrected chi connectivity index (χ2v) is 9.06. The van der Waals surface area contributed by atoms with Gasteiger partial charge in [-0.05, 0) is 62.5 Å². The third kappa shape index (κ3) is 4.79. The summed E-state index contributed by atoms with van der Waals surface area (Å²) in [5.41, 5.74) is -0.0240. The van der Waals surface area contributed by atoms with Crippen LogP contribution in [0.2, 0.25) is 0 Å². The van der Waals surface area contributed by atoms with Crippen LogP contribution in [0.4, 0.5) is 18.9 Å². The maximum Gasteiger partial charge on any atom is 0.418 e. The number of hydrogen-bond donors (Lipinski definition) is 1. The Morgan fingerprint density at radius 3 is 2.77 bits per heavy atom. The van der Waals surface area contributed by atoms with E-state index >= 15 is 0 Å². The lowest BCUT2D eigenvalue weighted by molar-refractivity contribution is -0.136. The van der Waals surface area contributed by atoms with Crippen LogP contribution in [-0.2, 0) is 11.0 Å². The normalized spacial score (nSPS) is 25.2. The number of alkyl halides is 3. The van der Waals surface area contributed by atoms with Crippen LogP contribution in [0.25, 0.3) is 10.9 Å². The van der Waals surface area contributed by atoms with Crippen molar-refractivity contribution in [3.8, 4) is 0 Å². The molecule has 31 heavy (non-hydrogen) atoms.